The molecule has 5 heteroatoms. The molecular formula is C19H32N4O. The average Bonchev–Trinajstić information content (AvgIpc) is 2.63. The molecule has 0 aliphatic heterocycles. The van der Waals surface area contributed by atoms with E-state index in [1.165, 1.54) is 32.1 Å². The van der Waals surface area contributed by atoms with Crippen LogP contribution in [0.5, 0.6) is 0 Å². The third-order valence-corrected chi connectivity index (χ3v) is 4.40. The lowest BCUT2D eigenvalue weighted by molar-refractivity contribution is 0.0264. The topological polar surface area (TPSA) is 72.5 Å². The van der Waals surface area contributed by atoms with Crippen LogP contribution in [0.3, 0.4) is 0 Å². The Morgan fingerprint density at radius 1 is 1.21 bits per heavy atom. The first-order valence-electron chi connectivity index (χ1n) is 9.40. The van der Waals surface area contributed by atoms with Gasteiger partial charge in [-0.25, -0.2) is 0 Å². The minimum Gasteiger partial charge on any atom is -0.378 e. The zero-order valence-corrected chi connectivity index (χ0v) is 14.8. The highest BCUT2D eigenvalue weighted by Crippen LogP contribution is 2.20. The summed E-state index contributed by atoms with van der Waals surface area (Å²) >= 11 is 0. The number of rotatable bonds is 10. The molecule has 0 atom stereocenters. The van der Waals surface area contributed by atoms with Gasteiger partial charge in [0.25, 0.3) is 0 Å². The molecule has 1 fully saturated rings. The fourth-order valence-electron chi connectivity index (χ4n) is 2.99. The summed E-state index contributed by atoms with van der Waals surface area (Å²) < 4.78 is 5.93. The number of aromatic nitrogens is 1. The van der Waals surface area contributed by atoms with Crippen molar-refractivity contribution in [2.45, 2.75) is 63.9 Å². The van der Waals surface area contributed by atoms with E-state index in [4.69, 9.17) is 10.5 Å². The van der Waals surface area contributed by atoms with Gasteiger partial charge >= 0.3 is 0 Å². The van der Waals surface area contributed by atoms with Crippen LogP contribution in [-0.4, -0.2) is 36.7 Å². The van der Waals surface area contributed by atoms with Crippen molar-refractivity contribution in [1.82, 2.24) is 10.3 Å². The van der Waals surface area contributed by atoms with Crippen LogP contribution < -0.4 is 11.1 Å². The van der Waals surface area contributed by atoms with Crippen molar-refractivity contribution in [2.75, 3.05) is 19.7 Å². The minimum atomic E-state index is 0.524. The first kappa shape index (κ1) is 18.7. The van der Waals surface area contributed by atoms with Crippen LogP contribution in [0.25, 0.3) is 0 Å². The van der Waals surface area contributed by atoms with Crippen LogP contribution >= 0.6 is 0 Å². The molecule has 1 heterocycles. The third-order valence-electron chi connectivity index (χ3n) is 4.40. The third kappa shape index (κ3) is 8.29. The van der Waals surface area contributed by atoms with E-state index in [9.17, 15) is 0 Å². The first-order chi connectivity index (χ1) is 11.8. The Hall–Kier alpha value is -1.62. The summed E-state index contributed by atoms with van der Waals surface area (Å²) in [4.78, 5) is 8.65. The Bertz CT molecular complexity index is 458. The molecule has 0 saturated heterocycles. The van der Waals surface area contributed by atoms with Crippen molar-refractivity contribution >= 4 is 5.96 Å². The van der Waals surface area contributed by atoms with Gasteiger partial charge in [-0.15, -0.1) is 0 Å². The van der Waals surface area contributed by atoms with Crippen LogP contribution in [0.15, 0.2) is 29.4 Å². The van der Waals surface area contributed by atoms with Gasteiger partial charge in [0.2, 0.25) is 0 Å². The maximum absolute atomic E-state index is 5.93. The summed E-state index contributed by atoms with van der Waals surface area (Å²) in [7, 11) is 0. The van der Waals surface area contributed by atoms with Crippen molar-refractivity contribution in [2.24, 2.45) is 10.7 Å². The van der Waals surface area contributed by atoms with Crippen LogP contribution in [0, 0.1) is 0 Å². The smallest absolute Gasteiger partial charge is 0.188 e. The van der Waals surface area contributed by atoms with Gasteiger partial charge in [0.1, 0.15) is 0 Å². The van der Waals surface area contributed by atoms with Gasteiger partial charge in [-0.1, -0.05) is 25.3 Å². The molecule has 1 aromatic heterocycles. The van der Waals surface area contributed by atoms with Gasteiger partial charge in [-0.05, 0) is 44.2 Å². The molecule has 24 heavy (non-hydrogen) atoms. The van der Waals surface area contributed by atoms with Gasteiger partial charge < -0.3 is 15.8 Å². The minimum absolute atomic E-state index is 0.524. The van der Waals surface area contributed by atoms with Crippen LogP contribution in [0.4, 0.5) is 0 Å². The number of hydrogen-bond acceptors (Lipinski definition) is 3. The average molecular weight is 332 g/mol. The first-order valence-corrected chi connectivity index (χ1v) is 9.40. The van der Waals surface area contributed by atoms with Crippen molar-refractivity contribution in [3.63, 3.8) is 0 Å². The molecule has 0 bridgehead atoms. The fourth-order valence-corrected chi connectivity index (χ4v) is 2.99. The van der Waals surface area contributed by atoms with Crippen LogP contribution in [0.2, 0.25) is 0 Å². The molecule has 1 aliphatic rings. The Balaban J connectivity index is 1.43. The Kier molecular flexibility index (Phi) is 9.24. The predicted octanol–water partition coefficient (Wildman–Crippen LogP) is 3.05. The molecule has 1 aromatic rings. The number of aliphatic imine (C=N–C) groups is 1. The fraction of sp³-hybridized carbons (Fsp3) is 0.684. The Morgan fingerprint density at radius 3 is 2.88 bits per heavy atom. The molecule has 0 radical (unpaired) electrons. The van der Waals surface area contributed by atoms with Gasteiger partial charge in [-0.2, -0.15) is 0 Å². The SMILES string of the molecule is NC(=NCCCCCOC1CCCCC1)NCCc1ccccn1. The van der Waals surface area contributed by atoms with Crippen molar-refractivity contribution in [1.29, 1.82) is 0 Å². The predicted molar refractivity (Wildman–Crippen MR) is 99.1 cm³/mol. The summed E-state index contributed by atoms with van der Waals surface area (Å²) in [5.74, 6) is 0.532. The summed E-state index contributed by atoms with van der Waals surface area (Å²) in [6.45, 7) is 2.44. The second kappa shape index (κ2) is 11.8. The summed E-state index contributed by atoms with van der Waals surface area (Å²) in [5, 5.41) is 3.14. The van der Waals surface area contributed by atoms with Crippen LogP contribution in [-0.2, 0) is 11.2 Å². The second-order valence-electron chi connectivity index (χ2n) is 6.46. The lowest BCUT2D eigenvalue weighted by Crippen LogP contribution is -2.33. The number of hydrogen-bond donors (Lipinski definition) is 2. The van der Waals surface area contributed by atoms with Crippen molar-refractivity contribution in [3.8, 4) is 0 Å². The number of nitrogens with one attached hydrogen (secondary N) is 1. The number of ether oxygens (including phenoxy) is 1. The highest BCUT2D eigenvalue weighted by atomic mass is 16.5. The Labute approximate surface area is 146 Å². The van der Waals surface area contributed by atoms with Crippen molar-refractivity contribution in [3.05, 3.63) is 30.1 Å². The molecule has 2 rings (SSSR count). The molecule has 3 N–H and O–H groups in total. The van der Waals surface area contributed by atoms with E-state index < -0.39 is 0 Å². The summed E-state index contributed by atoms with van der Waals surface area (Å²) in [5.41, 5.74) is 6.94. The molecule has 134 valence electrons. The molecule has 1 saturated carbocycles. The normalized spacial score (nSPS) is 16.2. The lowest BCUT2D eigenvalue weighted by atomic mass is 9.98. The van der Waals surface area contributed by atoms with Gasteiger partial charge in [0.15, 0.2) is 5.96 Å². The lowest BCUT2D eigenvalue weighted by Gasteiger charge is -2.21. The number of nitrogens with two attached hydrogens (primary N) is 1. The largest absolute Gasteiger partial charge is 0.378 e. The Morgan fingerprint density at radius 2 is 2.08 bits per heavy atom. The maximum atomic E-state index is 5.93. The van der Waals surface area contributed by atoms with E-state index in [0.29, 0.717) is 12.1 Å². The van der Waals surface area contributed by atoms with E-state index in [0.717, 1.165) is 51.1 Å². The van der Waals surface area contributed by atoms with E-state index in [1.807, 2.05) is 24.4 Å². The number of guanidine groups is 1. The number of pyridine rings is 1. The summed E-state index contributed by atoms with van der Waals surface area (Å²) in [6.07, 6.45) is 13.1. The molecule has 0 spiro atoms. The van der Waals surface area contributed by atoms with Gasteiger partial charge in [-0.3, -0.25) is 9.98 Å². The van der Waals surface area contributed by atoms with E-state index in [1.54, 1.807) is 0 Å². The van der Waals surface area contributed by atoms with Gasteiger partial charge in [0.05, 0.1) is 6.10 Å². The molecule has 5 nitrogen and oxygen atoms in total. The second-order valence-corrected chi connectivity index (χ2v) is 6.46. The molecule has 1 aliphatic carbocycles. The van der Waals surface area contributed by atoms with Crippen LogP contribution in [0.1, 0.15) is 57.1 Å². The monoisotopic (exact) mass is 332 g/mol. The number of unbranched alkanes of at least 4 members (excludes halogenated alkanes) is 2. The van der Waals surface area contributed by atoms with Gasteiger partial charge in [0, 0.05) is 38.0 Å². The molecule has 0 amide bonds. The molecule has 0 aromatic carbocycles. The molecular weight excluding hydrogens is 300 g/mol. The number of nitrogens with zero attached hydrogens (tertiary/aromatic N) is 2. The van der Waals surface area contributed by atoms with Crippen molar-refractivity contribution < 1.29 is 4.74 Å². The van der Waals surface area contributed by atoms with E-state index in [-0.39, 0.29) is 0 Å². The quantitative estimate of drug-likeness (QED) is 0.392. The highest BCUT2D eigenvalue weighted by Gasteiger charge is 2.12. The summed E-state index contributed by atoms with van der Waals surface area (Å²) in [6, 6.07) is 5.94. The zero-order chi connectivity index (χ0) is 16.9. The highest BCUT2D eigenvalue weighted by molar-refractivity contribution is 5.77. The molecule has 0 unspecified atom stereocenters. The van der Waals surface area contributed by atoms with E-state index in [2.05, 4.69) is 15.3 Å². The zero-order valence-electron chi connectivity index (χ0n) is 14.8. The standard InChI is InChI=1S/C19H32N4O/c20-19(23-15-12-17-9-5-7-13-21-17)22-14-6-2-8-16-24-18-10-3-1-4-11-18/h5,7,9,13,18H,1-4,6,8,10-12,14-16H2,(H3,20,22,23). The van der Waals surface area contributed by atoms with E-state index >= 15 is 0 Å². The maximum Gasteiger partial charge on any atom is 0.188 e.